The first-order chi connectivity index (χ1) is 8.00. The minimum atomic E-state index is -1.04. The third kappa shape index (κ3) is 4.58. The molecule has 1 aromatic carbocycles. The average Bonchev–Trinajstić information content (AvgIpc) is 2.26. The van der Waals surface area contributed by atoms with Crippen LogP contribution in [0.2, 0.25) is 5.02 Å². The SMILES string of the molecule is NC(CCCOc1ccc(F)cc1Cl)C(=O)O. The number of benzene rings is 1. The van der Waals surface area contributed by atoms with E-state index in [1.54, 1.807) is 0 Å². The summed E-state index contributed by atoms with van der Waals surface area (Å²) in [6.45, 7) is 0.284. The first-order valence-electron chi connectivity index (χ1n) is 5.07. The molecule has 0 radical (unpaired) electrons. The largest absolute Gasteiger partial charge is 0.492 e. The molecule has 0 spiro atoms. The van der Waals surface area contributed by atoms with Gasteiger partial charge in [-0.3, -0.25) is 4.79 Å². The van der Waals surface area contributed by atoms with E-state index >= 15 is 0 Å². The Balaban J connectivity index is 2.34. The van der Waals surface area contributed by atoms with Gasteiger partial charge in [-0.25, -0.2) is 4.39 Å². The standard InChI is InChI=1S/C11H13ClFNO3/c12-8-6-7(13)3-4-10(8)17-5-1-2-9(14)11(15)16/h3-4,6,9H,1-2,5,14H2,(H,15,16). The Bertz CT molecular complexity index is 400. The molecule has 94 valence electrons. The van der Waals surface area contributed by atoms with E-state index in [0.29, 0.717) is 18.6 Å². The molecule has 1 aromatic rings. The highest BCUT2D eigenvalue weighted by Crippen LogP contribution is 2.24. The molecule has 0 heterocycles. The lowest BCUT2D eigenvalue weighted by Gasteiger charge is -2.09. The first kappa shape index (κ1) is 13.7. The molecular weight excluding hydrogens is 249 g/mol. The fourth-order valence-corrected chi connectivity index (χ4v) is 1.42. The molecule has 0 saturated heterocycles. The molecule has 4 nitrogen and oxygen atoms in total. The molecule has 1 rings (SSSR count). The van der Waals surface area contributed by atoms with E-state index in [-0.39, 0.29) is 11.6 Å². The number of carbonyl (C=O) groups is 1. The van der Waals surface area contributed by atoms with Crippen LogP contribution in [0, 0.1) is 5.82 Å². The van der Waals surface area contributed by atoms with Gasteiger partial charge in [0.05, 0.1) is 11.6 Å². The highest BCUT2D eigenvalue weighted by molar-refractivity contribution is 6.32. The Morgan fingerprint density at radius 2 is 2.29 bits per heavy atom. The molecule has 0 aliphatic heterocycles. The minimum Gasteiger partial charge on any atom is -0.492 e. The van der Waals surface area contributed by atoms with Crippen LogP contribution in [0.1, 0.15) is 12.8 Å². The number of hydrogen-bond acceptors (Lipinski definition) is 3. The van der Waals surface area contributed by atoms with Gasteiger partial charge in [0.15, 0.2) is 0 Å². The number of carboxylic acids is 1. The summed E-state index contributed by atoms with van der Waals surface area (Å²) in [6, 6.07) is 2.93. The number of aliphatic carboxylic acids is 1. The zero-order valence-electron chi connectivity index (χ0n) is 9.03. The molecular formula is C11H13ClFNO3. The second-order valence-electron chi connectivity index (χ2n) is 3.51. The normalized spacial score (nSPS) is 12.2. The van der Waals surface area contributed by atoms with Crippen LogP contribution in [-0.2, 0) is 4.79 Å². The molecule has 6 heteroatoms. The summed E-state index contributed by atoms with van der Waals surface area (Å²) in [5, 5.41) is 8.73. The van der Waals surface area contributed by atoms with E-state index in [1.165, 1.54) is 12.1 Å². The van der Waals surface area contributed by atoms with Crippen molar-refractivity contribution < 1.29 is 19.0 Å². The van der Waals surface area contributed by atoms with Gasteiger partial charge in [-0.05, 0) is 31.0 Å². The maximum Gasteiger partial charge on any atom is 0.320 e. The molecule has 0 saturated carbocycles. The molecule has 17 heavy (non-hydrogen) atoms. The molecule has 0 aliphatic carbocycles. The Labute approximate surface area is 103 Å². The van der Waals surface area contributed by atoms with Crippen molar-refractivity contribution in [2.24, 2.45) is 5.73 Å². The number of rotatable bonds is 6. The van der Waals surface area contributed by atoms with Crippen LogP contribution >= 0.6 is 11.6 Å². The van der Waals surface area contributed by atoms with Crippen LogP contribution in [0.5, 0.6) is 5.75 Å². The quantitative estimate of drug-likeness (QED) is 0.769. The third-order valence-electron chi connectivity index (χ3n) is 2.13. The van der Waals surface area contributed by atoms with Crippen molar-refractivity contribution in [1.29, 1.82) is 0 Å². The summed E-state index contributed by atoms with van der Waals surface area (Å²) in [5.74, 6) is -1.10. The van der Waals surface area contributed by atoms with E-state index in [9.17, 15) is 9.18 Å². The van der Waals surface area contributed by atoms with Gasteiger partial charge in [-0.2, -0.15) is 0 Å². The fraction of sp³-hybridized carbons (Fsp3) is 0.364. The predicted molar refractivity (Wildman–Crippen MR) is 61.8 cm³/mol. The summed E-state index contributed by atoms with van der Waals surface area (Å²) in [4.78, 5) is 10.4. The number of halogens is 2. The van der Waals surface area contributed by atoms with Crippen molar-refractivity contribution in [3.8, 4) is 5.75 Å². The zero-order chi connectivity index (χ0) is 12.8. The summed E-state index contributed by atoms with van der Waals surface area (Å²) in [7, 11) is 0. The Morgan fingerprint density at radius 1 is 1.59 bits per heavy atom. The van der Waals surface area contributed by atoms with Crippen LogP contribution < -0.4 is 10.5 Å². The Hall–Kier alpha value is -1.33. The maximum atomic E-state index is 12.7. The van der Waals surface area contributed by atoms with Crippen molar-refractivity contribution in [3.63, 3.8) is 0 Å². The minimum absolute atomic E-state index is 0.188. The van der Waals surface area contributed by atoms with Crippen molar-refractivity contribution in [2.45, 2.75) is 18.9 Å². The van der Waals surface area contributed by atoms with Crippen molar-refractivity contribution >= 4 is 17.6 Å². The highest BCUT2D eigenvalue weighted by Gasteiger charge is 2.10. The van der Waals surface area contributed by atoms with Gasteiger partial charge in [0, 0.05) is 0 Å². The van der Waals surface area contributed by atoms with Gasteiger partial charge in [0.25, 0.3) is 0 Å². The topological polar surface area (TPSA) is 72.5 Å². The zero-order valence-corrected chi connectivity index (χ0v) is 9.78. The van der Waals surface area contributed by atoms with Crippen LogP contribution in [-0.4, -0.2) is 23.7 Å². The van der Waals surface area contributed by atoms with E-state index in [4.69, 9.17) is 27.2 Å². The van der Waals surface area contributed by atoms with Crippen molar-refractivity contribution in [3.05, 3.63) is 29.0 Å². The lowest BCUT2D eigenvalue weighted by Crippen LogP contribution is -2.30. The summed E-state index contributed by atoms with van der Waals surface area (Å²) in [6.07, 6.45) is 0.801. The van der Waals surface area contributed by atoms with Crippen LogP contribution in [0.15, 0.2) is 18.2 Å². The number of ether oxygens (including phenoxy) is 1. The monoisotopic (exact) mass is 261 g/mol. The maximum absolute atomic E-state index is 12.7. The van der Waals surface area contributed by atoms with E-state index in [0.717, 1.165) is 6.07 Å². The lowest BCUT2D eigenvalue weighted by atomic mass is 10.2. The lowest BCUT2D eigenvalue weighted by molar-refractivity contribution is -0.138. The van der Waals surface area contributed by atoms with Gasteiger partial charge in [0.2, 0.25) is 0 Å². The Morgan fingerprint density at radius 3 is 2.88 bits per heavy atom. The second kappa shape index (κ2) is 6.42. The van der Waals surface area contributed by atoms with Crippen LogP contribution in [0.4, 0.5) is 4.39 Å². The third-order valence-corrected chi connectivity index (χ3v) is 2.42. The molecule has 0 fully saturated rings. The summed E-state index contributed by atoms with van der Waals surface area (Å²) < 4.78 is 18.0. The molecule has 1 unspecified atom stereocenters. The first-order valence-corrected chi connectivity index (χ1v) is 5.44. The van der Waals surface area contributed by atoms with Crippen LogP contribution in [0.3, 0.4) is 0 Å². The van der Waals surface area contributed by atoms with Crippen molar-refractivity contribution in [2.75, 3.05) is 6.61 Å². The molecule has 3 N–H and O–H groups in total. The number of nitrogens with two attached hydrogens (primary N) is 1. The highest BCUT2D eigenvalue weighted by atomic mass is 35.5. The predicted octanol–water partition coefficient (Wildman–Crippen LogP) is 2.05. The molecule has 0 bridgehead atoms. The van der Waals surface area contributed by atoms with E-state index in [1.807, 2.05) is 0 Å². The average molecular weight is 262 g/mol. The molecule has 0 aliphatic rings. The number of hydrogen-bond donors (Lipinski definition) is 2. The fourth-order valence-electron chi connectivity index (χ4n) is 1.20. The van der Waals surface area contributed by atoms with E-state index in [2.05, 4.69) is 0 Å². The van der Waals surface area contributed by atoms with Crippen LogP contribution in [0.25, 0.3) is 0 Å². The van der Waals surface area contributed by atoms with Gasteiger partial charge in [-0.1, -0.05) is 11.6 Å². The summed E-state index contributed by atoms with van der Waals surface area (Å²) in [5.41, 5.74) is 5.31. The van der Waals surface area contributed by atoms with Crippen molar-refractivity contribution in [1.82, 2.24) is 0 Å². The molecule has 0 amide bonds. The Kier molecular flexibility index (Phi) is 5.18. The van der Waals surface area contributed by atoms with E-state index < -0.39 is 17.8 Å². The smallest absolute Gasteiger partial charge is 0.320 e. The second-order valence-corrected chi connectivity index (χ2v) is 3.92. The van der Waals surface area contributed by atoms with Gasteiger partial charge in [-0.15, -0.1) is 0 Å². The van der Waals surface area contributed by atoms with Gasteiger partial charge >= 0.3 is 5.97 Å². The number of carboxylic acid groups (broad SMARTS) is 1. The van der Waals surface area contributed by atoms with Gasteiger partial charge < -0.3 is 15.6 Å². The molecule has 0 aromatic heterocycles. The summed E-state index contributed by atoms with van der Waals surface area (Å²) >= 11 is 5.74. The molecule has 1 atom stereocenters. The van der Waals surface area contributed by atoms with Gasteiger partial charge in [0.1, 0.15) is 17.6 Å².